The highest BCUT2D eigenvalue weighted by Crippen LogP contribution is 2.39. The molecular weight excluding hydrogens is 283 g/mol. The first-order chi connectivity index (χ1) is 8.65. The summed E-state index contributed by atoms with van der Waals surface area (Å²) in [6.07, 6.45) is -8.86. The summed E-state index contributed by atoms with van der Waals surface area (Å²) in [5.41, 5.74) is -1.94. The van der Waals surface area contributed by atoms with E-state index in [4.69, 9.17) is 5.11 Å². The minimum absolute atomic E-state index is 0.402. The van der Waals surface area contributed by atoms with E-state index in [1.54, 1.807) is 0 Å². The molecule has 0 unspecified atom stereocenters. The first-order valence-electron chi connectivity index (χ1n) is 4.48. The Morgan fingerprint density at radius 3 is 2.42 bits per heavy atom. The minimum atomic E-state index is -5.39. The smallest absolute Gasteiger partial charge is 0.396 e. The van der Waals surface area contributed by atoms with Gasteiger partial charge in [-0.2, -0.15) is 0 Å². The number of alkyl halides is 5. The van der Waals surface area contributed by atoms with E-state index in [9.17, 15) is 32.1 Å². The fourth-order valence-electron chi connectivity index (χ4n) is 1.18. The third-order valence-corrected chi connectivity index (χ3v) is 1.82. The summed E-state index contributed by atoms with van der Waals surface area (Å²) in [6.45, 7) is -0.952. The van der Waals surface area contributed by atoms with Crippen molar-refractivity contribution in [1.82, 2.24) is 4.98 Å². The van der Waals surface area contributed by atoms with Crippen LogP contribution >= 0.6 is 0 Å². The molecule has 0 aromatic carbocycles. The highest BCUT2D eigenvalue weighted by atomic mass is 19.4. The molecule has 0 fully saturated rings. The van der Waals surface area contributed by atoms with Crippen LogP contribution < -0.4 is 4.74 Å². The van der Waals surface area contributed by atoms with Crippen molar-refractivity contribution in [3.63, 3.8) is 0 Å². The monoisotopic (exact) mass is 288 g/mol. The summed E-state index contributed by atoms with van der Waals surface area (Å²) in [5, 5.41) is 19.2. The van der Waals surface area contributed by atoms with Crippen LogP contribution in [-0.2, 0) is 6.61 Å². The Labute approximate surface area is 101 Å². The van der Waals surface area contributed by atoms with E-state index in [1.165, 1.54) is 0 Å². The molecule has 11 heteroatoms. The predicted octanol–water partition coefficient (Wildman–Crippen LogP) is 2.32. The standard InChI is InChI=1S/C8H5F5N2O4/c9-6(10)4-1-3(2-16)14-7(15(17)18)5(4)19-8(11,12)13/h1,6,16H,2H2. The Hall–Kier alpha value is -2.04. The molecule has 1 rings (SSSR count). The van der Waals surface area contributed by atoms with Crippen LogP contribution in [0.5, 0.6) is 5.75 Å². The molecule has 19 heavy (non-hydrogen) atoms. The third kappa shape index (κ3) is 3.71. The molecule has 0 aliphatic rings. The molecule has 1 heterocycles. The maximum atomic E-state index is 12.6. The van der Waals surface area contributed by atoms with Crippen LogP contribution in [0.3, 0.4) is 0 Å². The van der Waals surface area contributed by atoms with Gasteiger partial charge in [-0.05, 0) is 9.91 Å². The van der Waals surface area contributed by atoms with Gasteiger partial charge in [-0.25, -0.2) is 8.78 Å². The van der Waals surface area contributed by atoms with Crippen LogP contribution in [-0.4, -0.2) is 21.4 Å². The summed E-state index contributed by atoms with van der Waals surface area (Å²) in [6, 6.07) is 0.402. The Balaban J connectivity index is 3.49. The van der Waals surface area contributed by atoms with Crippen molar-refractivity contribution in [2.45, 2.75) is 19.4 Å². The molecule has 0 bridgehead atoms. The minimum Gasteiger partial charge on any atom is -0.396 e. The first-order valence-corrected chi connectivity index (χ1v) is 4.48. The molecule has 0 amide bonds. The van der Waals surface area contributed by atoms with E-state index >= 15 is 0 Å². The lowest BCUT2D eigenvalue weighted by Crippen LogP contribution is -2.20. The van der Waals surface area contributed by atoms with Crippen molar-refractivity contribution in [1.29, 1.82) is 0 Å². The lowest BCUT2D eigenvalue weighted by molar-refractivity contribution is -0.393. The van der Waals surface area contributed by atoms with E-state index < -0.39 is 47.1 Å². The van der Waals surface area contributed by atoms with Gasteiger partial charge in [-0.3, -0.25) is 0 Å². The van der Waals surface area contributed by atoms with Crippen molar-refractivity contribution in [3.05, 3.63) is 27.4 Å². The fourth-order valence-corrected chi connectivity index (χ4v) is 1.18. The quantitative estimate of drug-likeness (QED) is 0.522. The summed E-state index contributed by atoms with van der Waals surface area (Å²) in [5.74, 6) is -3.23. The zero-order valence-corrected chi connectivity index (χ0v) is 8.82. The Morgan fingerprint density at radius 1 is 1.47 bits per heavy atom. The molecule has 1 aromatic heterocycles. The van der Waals surface area contributed by atoms with Gasteiger partial charge in [0.2, 0.25) is 5.75 Å². The lowest BCUT2D eigenvalue weighted by atomic mass is 10.2. The SMILES string of the molecule is O=[N+]([O-])c1nc(CO)cc(C(F)F)c1OC(F)(F)F. The Morgan fingerprint density at radius 2 is 2.05 bits per heavy atom. The van der Waals surface area contributed by atoms with Crippen molar-refractivity contribution < 1.29 is 36.7 Å². The van der Waals surface area contributed by atoms with Crippen molar-refractivity contribution in [2.24, 2.45) is 0 Å². The van der Waals surface area contributed by atoms with Gasteiger partial charge in [0.25, 0.3) is 6.43 Å². The molecule has 0 aliphatic heterocycles. The van der Waals surface area contributed by atoms with Crippen LogP contribution in [0.25, 0.3) is 0 Å². The van der Waals surface area contributed by atoms with E-state index in [-0.39, 0.29) is 0 Å². The van der Waals surface area contributed by atoms with Crippen LogP contribution in [0.4, 0.5) is 27.8 Å². The molecule has 1 aromatic rings. The number of aromatic nitrogens is 1. The number of rotatable bonds is 4. The van der Waals surface area contributed by atoms with Gasteiger partial charge < -0.3 is 20.0 Å². The average Bonchev–Trinajstić information content (AvgIpc) is 2.26. The first kappa shape index (κ1) is 15.0. The maximum absolute atomic E-state index is 12.6. The average molecular weight is 288 g/mol. The van der Waals surface area contributed by atoms with Gasteiger partial charge in [-0.1, -0.05) is 0 Å². The highest BCUT2D eigenvalue weighted by Gasteiger charge is 2.39. The molecule has 0 radical (unpaired) electrons. The summed E-state index contributed by atoms with van der Waals surface area (Å²) in [4.78, 5) is 12.1. The number of halogens is 5. The number of hydrogen-bond donors (Lipinski definition) is 1. The fraction of sp³-hybridized carbons (Fsp3) is 0.375. The number of nitro groups is 1. The second kappa shape index (κ2) is 5.30. The molecule has 0 spiro atoms. The van der Waals surface area contributed by atoms with E-state index in [0.717, 1.165) is 0 Å². The Bertz CT molecular complexity index is 491. The molecule has 0 saturated carbocycles. The zero-order chi connectivity index (χ0) is 14.8. The van der Waals surface area contributed by atoms with Crippen molar-refractivity contribution in [3.8, 4) is 5.75 Å². The third-order valence-electron chi connectivity index (χ3n) is 1.82. The number of pyridine rings is 1. The van der Waals surface area contributed by atoms with Gasteiger partial charge >= 0.3 is 12.2 Å². The van der Waals surface area contributed by atoms with Gasteiger partial charge in [-0.15, -0.1) is 13.2 Å². The van der Waals surface area contributed by atoms with Crippen LogP contribution in [0.1, 0.15) is 17.7 Å². The van der Waals surface area contributed by atoms with Gasteiger partial charge in [0.05, 0.1) is 5.56 Å². The van der Waals surface area contributed by atoms with Gasteiger partial charge in [0.1, 0.15) is 6.61 Å². The number of aliphatic hydroxyl groups excluding tert-OH is 1. The normalized spacial score (nSPS) is 11.7. The molecule has 1 N–H and O–H groups in total. The van der Waals surface area contributed by atoms with Crippen LogP contribution in [0, 0.1) is 10.1 Å². The number of ether oxygens (including phenoxy) is 1. The molecule has 106 valence electrons. The topological polar surface area (TPSA) is 85.5 Å². The summed E-state index contributed by atoms with van der Waals surface area (Å²) in [7, 11) is 0. The molecule has 0 saturated heterocycles. The number of nitrogens with zero attached hydrogens (tertiary/aromatic N) is 2. The van der Waals surface area contributed by atoms with E-state index in [1.807, 2.05) is 0 Å². The zero-order valence-electron chi connectivity index (χ0n) is 8.82. The molecular formula is C8H5F5N2O4. The Kier molecular flexibility index (Phi) is 4.19. The highest BCUT2D eigenvalue weighted by molar-refractivity contribution is 5.48. The van der Waals surface area contributed by atoms with Crippen LogP contribution in [0.2, 0.25) is 0 Å². The summed E-state index contributed by atoms with van der Waals surface area (Å²) < 4.78 is 64.5. The van der Waals surface area contributed by atoms with Gasteiger partial charge in [0, 0.05) is 6.07 Å². The van der Waals surface area contributed by atoms with Crippen LogP contribution in [0.15, 0.2) is 6.07 Å². The summed E-state index contributed by atoms with van der Waals surface area (Å²) >= 11 is 0. The number of hydrogen-bond acceptors (Lipinski definition) is 5. The second-order valence-corrected chi connectivity index (χ2v) is 3.12. The van der Waals surface area contributed by atoms with Gasteiger partial charge in [0.15, 0.2) is 5.69 Å². The van der Waals surface area contributed by atoms with Crippen molar-refractivity contribution in [2.75, 3.05) is 0 Å². The molecule has 0 aliphatic carbocycles. The maximum Gasteiger partial charge on any atom is 0.573 e. The number of aliphatic hydroxyl groups is 1. The lowest BCUT2D eigenvalue weighted by Gasteiger charge is -2.12. The molecule has 6 nitrogen and oxygen atoms in total. The molecule has 0 atom stereocenters. The van der Waals surface area contributed by atoms with E-state index in [0.29, 0.717) is 6.07 Å². The largest absolute Gasteiger partial charge is 0.573 e. The predicted molar refractivity (Wildman–Crippen MR) is 48.5 cm³/mol. The second-order valence-electron chi connectivity index (χ2n) is 3.12. The van der Waals surface area contributed by atoms with E-state index in [2.05, 4.69) is 9.72 Å². The van der Waals surface area contributed by atoms with Crippen molar-refractivity contribution >= 4 is 5.82 Å².